The number of hydrogen-bond donors (Lipinski definition) is 0. The second-order valence-electron chi connectivity index (χ2n) is 5.72. The number of aromatic nitrogens is 1. The fraction of sp³-hybridized carbons (Fsp3) is 0.105. The van der Waals surface area contributed by atoms with Crippen molar-refractivity contribution >= 4 is 15.7 Å². The molecule has 120 valence electrons. The highest BCUT2D eigenvalue weighted by atomic mass is 32.2. The van der Waals surface area contributed by atoms with E-state index in [0.29, 0.717) is 11.4 Å². The van der Waals surface area contributed by atoms with Crippen LogP contribution in [-0.2, 0) is 16.4 Å². The Morgan fingerprint density at radius 3 is 2.38 bits per heavy atom. The van der Waals surface area contributed by atoms with Gasteiger partial charge in [-0.1, -0.05) is 24.3 Å². The van der Waals surface area contributed by atoms with Gasteiger partial charge < -0.3 is 0 Å². The molecule has 5 heteroatoms. The zero-order chi connectivity index (χ0) is 16.6. The first-order chi connectivity index (χ1) is 11.7. The molecule has 0 spiro atoms. The zero-order valence-corrected chi connectivity index (χ0v) is 13.8. The van der Waals surface area contributed by atoms with Crippen molar-refractivity contribution in [1.82, 2.24) is 4.98 Å². The van der Waals surface area contributed by atoms with E-state index in [4.69, 9.17) is 0 Å². The predicted molar refractivity (Wildman–Crippen MR) is 94.4 cm³/mol. The van der Waals surface area contributed by atoms with Gasteiger partial charge in [-0.25, -0.2) is 8.42 Å². The normalized spacial score (nSPS) is 13.8. The van der Waals surface area contributed by atoms with Crippen molar-refractivity contribution < 1.29 is 8.42 Å². The molecule has 0 fully saturated rings. The summed E-state index contributed by atoms with van der Waals surface area (Å²) in [6, 6.07) is 18.4. The number of rotatable bonds is 3. The highest BCUT2D eigenvalue weighted by Gasteiger charge is 2.30. The smallest absolute Gasteiger partial charge is 0.264 e. The summed E-state index contributed by atoms with van der Waals surface area (Å²) in [4.78, 5) is 4.36. The Bertz CT molecular complexity index is 971. The fourth-order valence-electron chi connectivity index (χ4n) is 3.06. The Morgan fingerprint density at radius 1 is 0.875 bits per heavy atom. The minimum Gasteiger partial charge on any atom is -0.266 e. The molecule has 0 bridgehead atoms. The number of anilines is 1. The van der Waals surface area contributed by atoms with Crippen molar-refractivity contribution in [3.8, 4) is 11.1 Å². The van der Waals surface area contributed by atoms with Crippen LogP contribution in [0.2, 0.25) is 0 Å². The van der Waals surface area contributed by atoms with Gasteiger partial charge in [0.05, 0.1) is 10.6 Å². The van der Waals surface area contributed by atoms with Crippen molar-refractivity contribution in [2.75, 3.05) is 10.8 Å². The van der Waals surface area contributed by atoms with Crippen LogP contribution < -0.4 is 4.31 Å². The third-order valence-corrected chi connectivity index (χ3v) is 6.10. The lowest BCUT2D eigenvalue weighted by atomic mass is 10.0. The fourth-order valence-corrected chi connectivity index (χ4v) is 4.59. The molecule has 24 heavy (non-hydrogen) atoms. The third kappa shape index (κ3) is 2.47. The number of pyridine rings is 1. The standard InChI is InChI=1S/C19H16N2O2S/c22-24(23,18-4-2-1-3-5-18)21-13-10-17-14-16(6-7-19(17)21)15-8-11-20-12-9-15/h1-9,11-12,14H,10,13H2. The van der Waals surface area contributed by atoms with Crippen LogP contribution in [0, 0.1) is 0 Å². The lowest BCUT2D eigenvalue weighted by molar-refractivity contribution is 0.592. The minimum atomic E-state index is -3.51. The summed E-state index contributed by atoms with van der Waals surface area (Å²) < 4.78 is 27.2. The van der Waals surface area contributed by atoms with Gasteiger partial charge in [-0.05, 0) is 59.5 Å². The van der Waals surface area contributed by atoms with Crippen LogP contribution >= 0.6 is 0 Å². The van der Waals surface area contributed by atoms with E-state index >= 15 is 0 Å². The summed E-state index contributed by atoms with van der Waals surface area (Å²) in [6.07, 6.45) is 4.24. The van der Waals surface area contributed by atoms with Crippen LogP contribution in [0.1, 0.15) is 5.56 Å². The lowest BCUT2D eigenvalue weighted by Crippen LogP contribution is -2.29. The highest BCUT2D eigenvalue weighted by molar-refractivity contribution is 7.92. The van der Waals surface area contributed by atoms with Gasteiger partial charge >= 0.3 is 0 Å². The molecule has 3 aromatic rings. The average molecular weight is 336 g/mol. The van der Waals surface area contributed by atoms with Crippen molar-refractivity contribution in [2.24, 2.45) is 0 Å². The molecule has 0 saturated heterocycles. The molecule has 1 aliphatic rings. The van der Waals surface area contributed by atoms with Gasteiger partial charge in [-0.2, -0.15) is 0 Å². The summed E-state index contributed by atoms with van der Waals surface area (Å²) in [7, 11) is -3.51. The molecular weight excluding hydrogens is 320 g/mol. The van der Waals surface area contributed by atoms with E-state index in [1.165, 1.54) is 4.31 Å². The van der Waals surface area contributed by atoms with Crippen LogP contribution in [0.5, 0.6) is 0 Å². The predicted octanol–water partition coefficient (Wildman–Crippen LogP) is 3.50. The molecule has 0 amide bonds. The summed E-state index contributed by atoms with van der Waals surface area (Å²) in [5.74, 6) is 0. The Hall–Kier alpha value is -2.66. The molecule has 0 radical (unpaired) electrons. The van der Waals surface area contributed by atoms with E-state index in [9.17, 15) is 8.42 Å². The van der Waals surface area contributed by atoms with Gasteiger partial charge in [0.2, 0.25) is 0 Å². The van der Waals surface area contributed by atoms with Crippen molar-refractivity contribution in [3.63, 3.8) is 0 Å². The molecule has 1 aromatic heterocycles. The van der Waals surface area contributed by atoms with Crippen molar-refractivity contribution in [1.29, 1.82) is 0 Å². The number of sulfonamides is 1. The highest BCUT2D eigenvalue weighted by Crippen LogP contribution is 2.35. The van der Waals surface area contributed by atoms with E-state index in [1.54, 1.807) is 36.7 Å². The Labute approximate surface area is 141 Å². The SMILES string of the molecule is O=S(=O)(c1ccccc1)N1CCc2cc(-c3ccncc3)ccc21. The van der Waals surface area contributed by atoms with Crippen molar-refractivity contribution in [2.45, 2.75) is 11.3 Å². The topological polar surface area (TPSA) is 50.3 Å². The second kappa shape index (κ2) is 5.76. The average Bonchev–Trinajstić information content (AvgIpc) is 3.07. The van der Waals surface area contributed by atoms with Gasteiger partial charge in [0.15, 0.2) is 0 Å². The quantitative estimate of drug-likeness (QED) is 0.735. The molecule has 4 nitrogen and oxygen atoms in total. The molecule has 2 aromatic carbocycles. The van der Waals surface area contributed by atoms with Crippen LogP contribution in [0.3, 0.4) is 0 Å². The number of benzene rings is 2. The zero-order valence-electron chi connectivity index (χ0n) is 13.0. The summed E-state index contributed by atoms with van der Waals surface area (Å²) >= 11 is 0. The molecule has 0 aliphatic carbocycles. The maximum absolute atomic E-state index is 12.9. The minimum absolute atomic E-state index is 0.330. The van der Waals surface area contributed by atoms with Crippen molar-refractivity contribution in [3.05, 3.63) is 78.6 Å². The van der Waals surface area contributed by atoms with E-state index in [2.05, 4.69) is 11.1 Å². The summed E-state index contributed by atoms with van der Waals surface area (Å²) in [6.45, 7) is 0.479. The van der Waals surface area contributed by atoms with Gasteiger partial charge in [0.1, 0.15) is 0 Å². The van der Waals surface area contributed by atoms with Crippen LogP contribution in [0.25, 0.3) is 11.1 Å². The maximum Gasteiger partial charge on any atom is 0.264 e. The Morgan fingerprint density at radius 2 is 1.62 bits per heavy atom. The molecule has 0 unspecified atom stereocenters. The molecule has 4 rings (SSSR count). The van der Waals surface area contributed by atoms with E-state index < -0.39 is 10.0 Å². The lowest BCUT2D eigenvalue weighted by Gasteiger charge is -2.19. The molecular formula is C19H16N2O2S. The van der Waals surface area contributed by atoms with Gasteiger partial charge in [-0.15, -0.1) is 0 Å². The molecule has 1 aliphatic heterocycles. The molecule has 0 saturated carbocycles. The first kappa shape index (κ1) is 14.9. The van der Waals surface area contributed by atoms with Gasteiger partial charge in [-0.3, -0.25) is 9.29 Å². The number of fused-ring (bicyclic) bond motifs is 1. The maximum atomic E-state index is 12.9. The van der Waals surface area contributed by atoms with E-state index in [1.807, 2.05) is 30.3 Å². The second-order valence-corrected chi connectivity index (χ2v) is 7.58. The molecule has 0 N–H and O–H groups in total. The third-order valence-electron chi connectivity index (χ3n) is 4.28. The van der Waals surface area contributed by atoms with Crippen LogP contribution in [0.4, 0.5) is 5.69 Å². The largest absolute Gasteiger partial charge is 0.266 e. The summed E-state index contributed by atoms with van der Waals surface area (Å²) in [5.41, 5.74) is 3.99. The Balaban J connectivity index is 1.73. The Kier molecular flexibility index (Phi) is 3.58. The molecule has 0 atom stereocenters. The first-order valence-corrected chi connectivity index (χ1v) is 9.21. The monoisotopic (exact) mass is 336 g/mol. The van der Waals surface area contributed by atoms with Gasteiger partial charge in [0.25, 0.3) is 10.0 Å². The van der Waals surface area contributed by atoms with E-state index in [-0.39, 0.29) is 0 Å². The first-order valence-electron chi connectivity index (χ1n) is 7.77. The van der Waals surface area contributed by atoms with Crippen LogP contribution in [-0.4, -0.2) is 19.9 Å². The number of hydrogen-bond acceptors (Lipinski definition) is 3. The van der Waals surface area contributed by atoms with Gasteiger partial charge in [0, 0.05) is 18.9 Å². The molecule has 2 heterocycles. The number of nitrogens with zero attached hydrogens (tertiary/aromatic N) is 2. The van der Waals surface area contributed by atoms with Crippen LogP contribution in [0.15, 0.2) is 78.0 Å². The van der Waals surface area contributed by atoms with E-state index in [0.717, 1.165) is 28.8 Å². The summed E-state index contributed by atoms with van der Waals surface area (Å²) in [5, 5.41) is 0.